The summed E-state index contributed by atoms with van der Waals surface area (Å²) in [5.41, 5.74) is 0.732. The van der Waals surface area contributed by atoms with Crippen molar-refractivity contribution in [3.05, 3.63) is 80.4 Å². The second-order valence-electron chi connectivity index (χ2n) is 6.70. The van der Waals surface area contributed by atoms with Gasteiger partial charge in [-0.1, -0.05) is 24.9 Å². The summed E-state index contributed by atoms with van der Waals surface area (Å²) in [6.45, 7) is 2.30. The Kier molecular flexibility index (Phi) is 5.98. The van der Waals surface area contributed by atoms with Gasteiger partial charge in [0, 0.05) is 29.3 Å². The van der Waals surface area contributed by atoms with Crippen LogP contribution in [-0.2, 0) is 9.59 Å². The molecule has 2 aromatic rings. The molecule has 0 saturated carbocycles. The quantitative estimate of drug-likeness (QED) is 0.247. The van der Waals surface area contributed by atoms with Crippen LogP contribution in [0.15, 0.2) is 54.1 Å². The van der Waals surface area contributed by atoms with Crippen LogP contribution in [0.5, 0.6) is 0 Å². The predicted molar refractivity (Wildman–Crippen MR) is 108 cm³/mol. The number of benzene rings is 2. The van der Waals surface area contributed by atoms with Crippen molar-refractivity contribution < 1.29 is 19.6 Å². The first kappa shape index (κ1) is 20.5. The molecule has 150 valence electrons. The van der Waals surface area contributed by atoms with Crippen molar-refractivity contribution in [1.82, 2.24) is 4.90 Å². The van der Waals surface area contributed by atoms with E-state index in [1.54, 1.807) is 24.3 Å². The second kappa shape index (κ2) is 8.45. The van der Waals surface area contributed by atoms with Gasteiger partial charge in [0.05, 0.1) is 16.5 Å². The molecule has 0 aliphatic carbocycles. The number of unbranched alkanes of at least 4 members (excludes halogenated alkanes) is 1. The number of nitro benzene ring substituents is 1. The molecule has 0 unspecified atom stereocenters. The molecule has 1 fully saturated rings. The van der Waals surface area contributed by atoms with Crippen molar-refractivity contribution in [2.75, 3.05) is 6.54 Å². The molecular weight excluding hydrogens is 396 g/mol. The molecule has 7 nitrogen and oxygen atoms in total. The number of carbonyl (C=O) groups is 2. The number of nitro groups is 1. The standard InChI is InChI=1S/C21H19ClN2O5/c1-2-3-12-23-18(13-6-10-16(11-7-13)24(28)29)17(20(26)21(23)27)19(25)14-4-8-15(22)9-5-14/h4-11,18,25H,2-3,12H2,1H3/t18-/m0/s1. The fourth-order valence-electron chi connectivity index (χ4n) is 3.33. The van der Waals surface area contributed by atoms with Crippen molar-refractivity contribution in [3.8, 4) is 0 Å². The lowest BCUT2D eigenvalue weighted by atomic mass is 9.95. The highest BCUT2D eigenvalue weighted by Gasteiger charge is 2.45. The zero-order valence-corrected chi connectivity index (χ0v) is 16.4. The van der Waals surface area contributed by atoms with Crippen molar-refractivity contribution in [1.29, 1.82) is 0 Å². The number of amides is 1. The molecule has 8 heteroatoms. The van der Waals surface area contributed by atoms with Gasteiger partial charge in [0.25, 0.3) is 17.4 Å². The van der Waals surface area contributed by atoms with Crippen molar-refractivity contribution in [3.63, 3.8) is 0 Å². The summed E-state index contributed by atoms with van der Waals surface area (Å²) < 4.78 is 0. The van der Waals surface area contributed by atoms with E-state index >= 15 is 0 Å². The van der Waals surface area contributed by atoms with E-state index in [0.29, 0.717) is 29.1 Å². The van der Waals surface area contributed by atoms with Crippen molar-refractivity contribution >= 4 is 34.7 Å². The van der Waals surface area contributed by atoms with Crippen LogP contribution in [0.2, 0.25) is 5.02 Å². The minimum absolute atomic E-state index is 0.0396. The number of nitrogens with zero attached hydrogens (tertiary/aromatic N) is 2. The van der Waals surface area contributed by atoms with Gasteiger partial charge in [-0.05, 0) is 48.4 Å². The number of ketones is 1. The third kappa shape index (κ3) is 4.00. The molecule has 1 atom stereocenters. The Balaban J connectivity index is 2.14. The largest absolute Gasteiger partial charge is 0.507 e. The molecular formula is C21H19ClN2O5. The Bertz CT molecular complexity index is 983. The lowest BCUT2D eigenvalue weighted by molar-refractivity contribution is -0.384. The first-order chi connectivity index (χ1) is 13.8. The van der Waals surface area contributed by atoms with Gasteiger partial charge in [0.15, 0.2) is 0 Å². The van der Waals surface area contributed by atoms with Gasteiger partial charge in [-0.15, -0.1) is 0 Å². The molecule has 29 heavy (non-hydrogen) atoms. The number of non-ortho nitro benzene ring substituents is 1. The molecule has 0 bridgehead atoms. The van der Waals surface area contributed by atoms with Gasteiger partial charge in [-0.25, -0.2) is 0 Å². The summed E-state index contributed by atoms with van der Waals surface area (Å²) in [6.07, 6.45) is 1.49. The van der Waals surface area contributed by atoms with Crippen LogP contribution >= 0.6 is 11.6 Å². The summed E-state index contributed by atoms with van der Waals surface area (Å²) in [6, 6.07) is 11.1. The first-order valence-corrected chi connectivity index (χ1v) is 9.51. The van der Waals surface area contributed by atoms with Crippen LogP contribution in [0.25, 0.3) is 5.76 Å². The molecule has 2 aromatic carbocycles. The van der Waals surface area contributed by atoms with Gasteiger partial charge in [0.2, 0.25) is 0 Å². The van der Waals surface area contributed by atoms with Gasteiger partial charge >= 0.3 is 0 Å². The van der Waals surface area contributed by atoms with E-state index in [1.807, 2.05) is 6.92 Å². The predicted octanol–water partition coefficient (Wildman–Crippen LogP) is 4.47. The van der Waals surface area contributed by atoms with Crippen LogP contribution in [0.4, 0.5) is 5.69 Å². The van der Waals surface area contributed by atoms with E-state index in [0.717, 1.165) is 6.42 Å². The lowest BCUT2D eigenvalue weighted by Gasteiger charge is -2.25. The molecule has 1 aliphatic heterocycles. The van der Waals surface area contributed by atoms with Crippen LogP contribution in [0, 0.1) is 10.1 Å². The SMILES string of the molecule is CCCCN1C(=O)C(=O)C(=C(O)c2ccc(Cl)cc2)[C@@H]1c1ccc([N+](=O)[O-])cc1. The molecule has 1 aliphatic rings. The summed E-state index contributed by atoms with van der Waals surface area (Å²) >= 11 is 5.89. The van der Waals surface area contributed by atoms with E-state index in [4.69, 9.17) is 11.6 Å². The fourth-order valence-corrected chi connectivity index (χ4v) is 3.45. The Morgan fingerprint density at radius 1 is 1.14 bits per heavy atom. The number of Topliss-reactive ketones (excluding diaryl/α,β-unsaturated/α-hetero) is 1. The van der Waals surface area contributed by atoms with Gasteiger partial charge in [-0.3, -0.25) is 19.7 Å². The third-order valence-corrected chi connectivity index (χ3v) is 5.08. The van der Waals surface area contributed by atoms with Crippen LogP contribution in [-0.4, -0.2) is 33.2 Å². The number of hydrogen-bond acceptors (Lipinski definition) is 5. The molecule has 1 heterocycles. The number of rotatable bonds is 6. The average molecular weight is 415 g/mol. The van der Waals surface area contributed by atoms with E-state index in [2.05, 4.69) is 0 Å². The zero-order valence-electron chi connectivity index (χ0n) is 15.7. The topological polar surface area (TPSA) is 101 Å². The third-order valence-electron chi connectivity index (χ3n) is 4.83. The molecule has 1 saturated heterocycles. The smallest absolute Gasteiger partial charge is 0.295 e. The van der Waals surface area contributed by atoms with E-state index < -0.39 is 22.7 Å². The van der Waals surface area contributed by atoms with Gasteiger partial charge < -0.3 is 10.0 Å². The monoisotopic (exact) mass is 414 g/mol. The lowest BCUT2D eigenvalue weighted by Crippen LogP contribution is -2.30. The number of aliphatic hydroxyl groups is 1. The maximum atomic E-state index is 12.8. The molecule has 0 spiro atoms. The second-order valence-corrected chi connectivity index (χ2v) is 7.14. The number of aliphatic hydroxyl groups excluding tert-OH is 1. The summed E-state index contributed by atoms with van der Waals surface area (Å²) in [5.74, 6) is -1.78. The van der Waals surface area contributed by atoms with Gasteiger partial charge in [-0.2, -0.15) is 0 Å². The molecule has 1 amide bonds. The summed E-state index contributed by atoms with van der Waals surface area (Å²) in [4.78, 5) is 37.3. The molecule has 0 aromatic heterocycles. The summed E-state index contributed by atoms with van der Waals surface area (Å²) in [7, 11) is 0. The highest BCUT2D eigenvalue weighted by atomic mass is 35.5. The van der Waals surface area contributed by atoms with E-state index in [-0.39, 0.29) is 17.0 Å². The summed E-state index contributed by atoms with van der Waals surface area (Å²) in [5, 5.41) is 22.3. The molecule has 3 rings (SSSR count). The van der Waals surface area contributed by atoms with Crippen LogP contribution in [0.1, 0.15) is 36.9 Å². The Morgan fingerprint density at radius 2 is 1.76 bits per heavy atom. The van der Waals surface area contributed by atoms with Crippen molar-refractivity contribution in [2.24, 2.45) is 0 Å². The number of carbonyl (C=O) groups excluding carboxylic acids is 2. The Hall–Kier alpha value is -3.19. The zero-order chi connectivity index (χ0) is 21.1. The minimum Gasteiger partial charge on any atom is -0.507 e. The molecule has 0 radical (unpaired) electrons. The normalized spacial score (nSPS) is 18.3. The maximum absolute atomic E-state index is 12.8. The van der Waals surface area contributed by atoms with Crippen LogP contribution in [0.3, 0.4) is 0 Å². The first-order valence-electron chi connectivity index (χ1n) is 9.13. The van der Waals surface area contributed by atoms with Crippen LogP contribution < -0.4 is 0 Å². The minimum atomic E-state index is -0.821. The number of hydrogen-bond donors (Lipinski definition) is 1. The Labute approximate surface area is 172 Å². The number of halogens is 1. The van der Waals surface area contributed by atoms with E-state index in [1.165, 1.54) is 29.2 Å². The number of likely N-dealkylation sites (tertiary alicyclic amines) is 1. The fraction of sp³-hybridized carbons (Fsp3) is 0.238. The van der Waals surface area contributed by atoms with Crippen molar-refractivity contribution in [2.45, 2.75) is 25.8 Å². The van der Waals surface area contributed by atoms with E-state index in [9.17, 15) is 24.8 Å². The maximum Gasteiger partial charge on any atom is 0.295 e. The molecule has 1 N–H and O–H groups in total. The Morgan fingerprint density at radius 3 is 2.31 bits per heavy atom. The highest BCUT2D eigenvalue weighted by molar-refractivity contribution is 6.46. The highest BCUT2D eigenvalue weighted by Crippen LogP contribution is 2.40. The van der Waals surface area contributed by atoms with Gasteiger partial charge in [0.1, 0.15) is 5.76 Å². The average Bonchev–Trinajstić information content (AvgIpc) is 2.97.